The van der Waals surface area contributed by atoms with Gasteiger partial charge < -0.3 is 5.73 Å². The van der Waals surface area contributed by atoms with Gasteiger partial charge >= 0.3 is 0 Å². The van der Waals surface area contributed by atoms with Crippen molar-refractivity contribution in [3.63, 3.8) is 0 Å². The molecule has 2 rings (SSSR count). The summed E-state index contributed by atoms with van der Waals surface area (Å²) >= 11 is 12.1. The highest BCUT2D eigenvalue weighted by molar-refractivity contribution is 6.33. The fourth-order valence-corrected chi connectivity index (χ4v) is 2.30. The lowest BCUT2D eigenvalue weighted by molar-refractivity contribution is 0.712. The van der Waals surface area contributed by atoms with Gasteiger partial charge in [0.05, 0.1) is 0 Å². The minimum Gasteiger partial charge on any atom is -0.324 e. The van der Waals surface area contributed by atoms with Crippen LogP contribution in [0.1, 0.15) is 22.7 Å². The van der Waals surface area contributed by atoms with E-state index in [1.54, 1.807) is 24.5 Å². The average Bonchev–Trinajstić information content (AvgIpc) is 2.34. The number of halogens is 2. The second-order valence-electron chi connectivity index (χ2n) is 4.28. The fourth-order valence-electron chi connectivity index (χ4n) is 1.91. The van der Waals surface area contributed by atoms with Crippen molar-refractivity contribution in [2.45, 2.75) is 19.4 Å². The number of benzene rings is 1. The molecule has 0 saturated heterocycles. The molecule has 1 heterocycles. The van der Waals surface area contributed by atoms with Crippen LogP contribution in [-0.2, 0) is 6.42 Å². The first kappa shape index (κ1) is 13.3. The standard InChI is InChI=1S/C14H14Cl2N2/c1-9-4-5-18-8-12(9)14(17)7-10-6-11(15)2-3-13(10)16/h2-6,8,14H,7,17H2,1H3. The van der Waals surface area contributed by atoms with Crippen LogP contribution in [0.5, 0.6) is 0 Å². The summed E-state index contributed by atoms with van der Waals surface area (Å²) in [5, 5.41) is 1.36. The number of nitrogens with two attached hydrogens (primary N) is 1. The Morgan fingerprint density at radius 1 is 1.28 bits per heavy atom. The maximum Gasteiger partial charge on any atom is 0.0439 e. The lowest BCUT2D eigenvalue weighted by atomic mass is 9.98. The van der Waals surface area contributed by atoms with Gasteiger partial charge in [-0.05, 0) is 54.3 Å². The van der Waals surface area contributed by atoms with Crippen molar-refractivity contribution in [2.75, 3.05) is 0 Å². The van der Waals surface area contributed by atoms with Gasteiger partial charge in [-0.1, -0.05) is 23.2 Å². The minimum atomic E-state index is -0.130. The van der Waals surface area contributed by atoms with Crippen molar-refractivity contribution in [1.82, 2.24) is 4.98 Å². The SMILES string of the molecule is Cc1ccncc1C(N)Cc1cc(Cl)ccc1Cl. The van der Waals surface area contributed by atoms with Gasteiger partial charge in [-0.2, -0.15) is 0 Å². The van der Waals surface area contributed by atoms with Crippen LogP contribution in [0.4, 0.5) is 0 Å². The normalized spacial score (nSPS) is 12.4. The van der Waals surface area contributed by atoms with Crippen molar-refractivity contribution in [1.29, 1.82) is 0 Å². The van der Waals surface area contributed by atoms with E-state index in [-0.39, 0.29) is 6.04 Å². The van der Waals surface area contributed by atoms with Crippen LogP contribution in [0, 0.1) is 6.92 Å². The van der Waals surface area contributed by atoms with Crippen molar-refractivity contribution < 1.29 is 0 Å². The summed E-state index contributed by atoms with van der Waals surface area (Å²) in [6, 6.07) is 7.25. The van der Waals surface area contributed by atoms with E-state index in [1.165, 1.54) is 0 Å². The largest absolute Gasteiger partial charge is 0.324 e. The van der Waals surface area contributed by atoms with Gasteiger partial charge in [0.15, 0.2) is 0 Å². The molecule has 1 atom stereocenters. The number of hydrogen-bond donors (Lipinski definition) is 1. The monoisotopic (exact) mass is 280 g/mol. The van der Waals surface area contributed by atoms with Crippen molar-refractivity contribution in [2.24, 2.45) is 5.73 Å². The molecule has 0 aliphatic carbocycles. The molecule has 0 radical (unpaired) electrons. The molecule has 2 nitrogen and oxygen atoms in total. The van der Waals surface area contributed by atoms with Crippen molar-refractivity contribution in [3.8, 4) is 0 Å². The zero-order chi connectivity index (χ0) is 13.1. The first-order valence-electron chi connectivity index (χ1n) is 5.68. The molecule has 0 spiro atoms. The van der Waals surface area contributed by atoms with Gasteiger partial charge in [-0.3, -0.25) is 4.98 Å². The number of aryl methyl sites for hydroxylation is 1. The highest BCUT2D eigenvalue weighted by atomic mass is 35.5. The van der Waals surface area contributed by atoms with E-state index >= 15 is 0 Å². The topological polar surface area (TPSA) is 38.9 Å². The summed E-state index contributed by atoms with van der Waals surface area (Å²) in [7, 11) is 0. The molecule has 4 heteroatoms. The molecule has 0 aliphatic rings. The fraction of sp³-hybridized carbons (Fsp3) is 0.214. The van der Waals surface area contributed by atoms with Crippen LogP contribution in [0.25, 0.3) is 0 Å². The Kier molecular flexibility index (Phi) is 4.23. The smallest absolute Gasteiger partial charge is 0.0439 e. The van der Waals surface area contributed by atoms with Crippen molar-refractivity contribution in [3.05, 3.63) is 63.4 Å². The van der Waals surface area contributed by atoms with Crippen LogP contribution in [0.2, 0.25) is 10.0 Å². The Balaban J connectivity index is 2.24. The third-order valence-corrected chi connectivity index (χ3v) is 3.53. The second kappa shape index (κ2) is 5.70. The van der Waals surface area contributed by atoms with Gasteiger partial charge in [0, 0.05) is 28.5 Å². The molecular formula is C14H14Cl2N2. The third-order valence-electron chi connectivity index (χ3n) is 2.93. The first-order chi connectivity index (χ1) is 8.58. The Morgan fingerprint density at radius 3 is 2.78 bits per heavy atom. The van der Waals surface area contributed by atoms with Crippen LogP contribution in [0.3, 0.4) is 0 Å². The quantitative estimate of drug-likeness (QED) is 0.925. The summed E-state index contributed by atoms with van der Waals surface area (Å²) in [6.07, 6.45) is 4.21. The zero-order valence-electron chi connectivity index (χ0n) is 10.0. The Morgan fingerprint density at radius 2 is 2.06 bits per heavy atom. The number of pyridine rings is 1. The van der Waals surface area contributed by atoms with Crippen LogP contribution >= 0.6 is 23.2 Å². The van der Waals surface area contributed by atoms with Crippen LogP contribution in [-0.4, -0.2) is 4.98 Å². The van der Waals surface area contributed by atoms with Crippen LogP contribution < -0.4 is 5.73 Å². The molecular weight excluding hydrogens is 267 g/mol. The van der Waals surface area contributed by atoms with Gasteiger partial charge in [0.2, 0.25) is 0 Å². The maximum atomic E-state index is 6.21. The molecule has 1 aromatic carbocycles. The van der Waals surface area contributed by atoms with E-state index < -0.39 is 0 Å². The molecule has 0 amide bonds. The molecule has 0 bridgehead atoms. The number of rotatable bonds is 3. The lowest BCUT2D eigenvalue weighted by Gasteiger charge is -2.15. The minimum absolute atomic E-state index is 0.130. The van der Waals surface area contributed by atoms with Gasteiger partial charge in [0.25, 0.3) is 0 Å². The van der Waals surface area contributed by atoms with Crippen molar-refractivity contribution >= 4 is 23.2 Å². The summed E-state index contributed by atoms with van der Waals surface area (Å²) in [6.45, 7) is 2.02. The molecule has 94 valence electrons. The number of hydrogen-bond acceptors (Lipinski definition) is 2. The second-order valence-corrected chi connectivity index (χ2v) is 5.12. The van der Waals surface area contributed by atoms with Crippen LogP contribution in [0.15, 0.2) is 36.7 Å². The van der Waals surface area contributed by atoms with E-state index in [4.69, 9.17) is 28.9 Å². The summed E-state index contributed by atoms with van der Waals surface area (Å²) in [5.41, 5.74) is 9.33. The molecule has 2 aromatic rings. The average molecular weight is 281 g/mol. The Labute approximate surface area is 117 Å². The molecule has 1 aromatic heterocycles. The summed E-state index contributed by atoms with van der Waals surface area (Å²) in [4.78, 5) is 4.11. The van der Waals surface area contributed by atoms with E-state index in [0.29, 0.717) is 16.5 Å². The maximum absolute atomic E-state index is 6.21. The van der Waals surface area contributed by atoms with E-state index in [0.717, 1.165) is 16.7 Å². The zero-order valence-corrected chi connectivity index (χ0v) is 11.5. The molecule has 0 fully saturated rings. The Hall–Kier alpha value is -1.09. The predicted molar refractivity (Wildman–Crippen MR) is 76.1 cm³/mol. The van der Waals surface area contributed by atoms with E-state index in [9.17, 15) is 0 Å². The third kappa shape index (κ3) is 3.02. The number of aromatic nitrogens is 1. The summed E-state index contributed by atoms with van der Waals surface area (Å²) < 4.78 is 0. The molecule has 18 heavy (non-hydrogen) atoms. The van der Waals surface area contributed by atoms with E-state index in [1.807, 2.05) is 19.1 Å². The Bertz CT molecular complexity index is 555. The first-order valence-corrected chi connectivity index (χ1v) is 6.43. The highest BCUT2D eigenvalue weighted by Crippen LogP contribution is 2.25. The predicted octanol–water partition coefficient (Wildman–Crippen LogP) is 3.94. The summed E-state index contributed by atoms with van der Waals surface area (Å²) in [5.74, 6) is 0. The van der Waals surface area contributed by atoms with Gasteiger partial charge in [0.1, 0.15) is 0 Å². The molecule has 0 saturated carbocycles. The number of nitrogens with zero attached hydrogens (tertiary/aromatic N) is 1. The van der Waals surface area contributed by atoms with Gasteiger partial charge in [-0.25, -0.2) is 0 Å². The van der Waals surface area contributed by atoms with Gasteiger partial charge in [-0.15, -0.1) is 0 Å². The molecule has 0 aliphatic heterocycles. The molecule has 2 N–H and O–H groups in total. The highest BCUT2D eigenvalue weighted by Gasteiger charge is 2.12. The molecule has 1 unspecified atom stereocenters. The van der Waals surface area contributed by atoms with E-state index in [2.05, 4.69) is 4.98 Å². The lowest BCUT2D eigenvalue weighted by Crippen LogP contribution is -2.15.